The molecule has 0 bridgehead atoms. The first-order chi connectivity index (χ1) is 10.3. The fourth-order valence-corrected chi connectivity index (χ4v) is 3.45. The SMILES string of the molecule is CCCC1CCCCN1c1ccc(C(CC)NCC)nc1. The van der Waals surface area contributed by atoms with Crippen LogP contribution in [0.1, 0.15) is 71.0 Å². The largest absolute Gasteiger partial charge is 0.367 e. The van der Waals surface area contributed by atoms with Crippen LogP contribution in [0.15, 0.2) is 18.3 Å². The van der Waals surface area contributed by atoms with Crippen molar-refractivity contribution in [1.82, 2.24) is 10.3 Å². The number of aromatic nitrogens is 1. The summed E-state index contributed by atoms with van der Waals surface area (Å²) in [6.45, 7) is 8.84. The van der Waals surface area contributed by atoms with Gasteiger partial charge < -0.3 is 10.2 Å². The minimum absolute atomic E-state index is 0.386. The highest BCUT2D eigenvalue weighted by molar-refractivity contribution is 5.46. The molecule has 118 valence electrons. The second kappa shape index (κ2) is 8.38. The lowest BCUT2D eigenvalue weighted by Crippen LogP contribution is -2.39. The zero-order chi connectivity index (χ0) is 15.1. The number of nitrogens with zero attached hydrogens (tertiary/aromatic N) is 2. The Hall–Kier alpha value is -1.09. The number of rotatable bonds is 7. The van der Waals surface area contributed by atoms with Crippen molar-refractivity contribution >= 4 is 5.69 Å². The Balaban J connectivity index is 2.09. The van der Waals surface area contributed by atoms with Gasteiger partial charge in [0, 0.05) is 18.6 Å². The third-order valence-corrected chi connectivity index (χ3v) is 4.57. The number of hydrogen-bond donors (Lipinski definition) is 1. The molecule has 1 aromatic heterocycles. The molecule has 3 nitrogen and oxygen atoms in total. The van der Waals surface area contributed by atoms with Gasteiger partial charge in [-0.2, -0.15) is 0 Å². The molecule has 0 saturated carbocycles. The predicted octanol–water partition coefficient (Wildman–Crippen LogP) is 4.30. The molecule has 1 aromatic rings. The smallest absolute Gasteiger partial charge is 0.0574 e. The molecule has 1 N–H and O–H groups in total. The average Bonchev–Trinajstić information content (AvgIpc) is 2.54. The molecular weight excluding hydrogens is 258 g/mol. The van der Waals surface area contributed by atoms with E-state index in [1.54, 1.807) is 0 Å². The van der Waals surface area contributed by atoms with Gasteiger partial charge in [-0.05, 0) is 50.8 Å². The zero-order valence-electron chi connectivity index (χ0n) is 13.9. The van der Waals surface area contributed by atoms with Gasteiger partial charge in [0.2, 0.25) is 0 Å². The maximum absolute atomic E-state index is 4.73. The molecule has 0 spiro atoms. The number of anilines is 1. The van der Waals surface area contributed by atoms with Gasteiger partial charge in [0.15, 0.2) is 0 Å². The zero-order valence-corrected chi connectivity index (χ0v) is 13.9. The van der Waals surface area contributed by atoms with E-state index in [0.29, 0.717) is 12.1 Å². The first-order valence-corrected chi connectivity index (χ1v) is 8.76. The molecule has 1 aliphatic rings. The molecular formula is C18H31N3. The minimum Gasteiger partial charge on any atom is -0.367 e. The van der Waals surface area contributed by atoms with E-state index in [1.165, 1.54) is 50.0 Å². The standard InChI is InChI=1S/C18H31N3/c1-4-9-15-10-7-8-13-21(15)16-11-12-18(20-14-16)17(5-2)19-6-3/h11-12,14-15,17,19H,4-10,13H2,1-3H3. The third kappa shape index (κ3) is 4.19. The average molecular weight is 289 g/mol. The maximum Gasteiger partial charge on any atom is 0.0574 e. The lowest BCUT2D eigenvalue weighted by atomic mass is 9.97. The molecule has 2 rings (SSSR count). The molecule has 2 unspecified atom stereocenters. The second-order valence-corrected chi connectivity index (χ2v) is 6.09. The van der Waals surface area contributed by atoms with Crippen LogP contribution in [0, 0.1) is 0 Å². The van der Waals surface area contributed by atoms with E-state index in [2.05, 4.69) is 49.3 Å². The highest BCUT2D eigenvalue weighted by atomic mass is 15.2. The van der Waals surface area contributed by atoms with Gasteiger partial charge in [-0.1, -0.05) is 27.2 Å². The Morgan fingerprint density at radius 1 is 1.29 bits per heavy atom. The van der Waals surface area contributed by atoms with Crippen molar-refractivity contribution in [3.05, 3.63) is 24.0 Å². The van der Waals surface area contributed by atoms with Gasteiger partial charge in [-0.3, -0.25) is 4.98 Å². The summed E-state index contributed by atoms with van der Waals surface area (Å²) in [5.41, 5.74) is 2.48. The molecule has 2 heterocycles. The van der Waals surface area contributed by atoms with Gasteiger partial charge in [0.1, 0.15) is 0 Å². The maximum atomic E-state index is 4.73. The summed E-state index contributed by atoms with van der Waals surface area (Å²) in [4.78, 5) is 7.32. The summed E-state index contributed by atoms with van der Waals surface area (Å²) in [5.74, 6) is 0. The molecule has 1 fully saturated rings. The van der Waals surface area contributed by atoms with Crippen molar-refractivity contribution < 1.29 is 0 Å². The molecule has 0 radical (unpaired) electrons. The van der Waals surface area contributed by atoms with Gasteiger partial charge in [0.25, 0.3) is 0 Å². The fraction of sp³-hybridized carbons (Fsp3) is 0.722. The minimum atomic E-state index is 0.386. The Labute approximate surface area is 130 Å². The molecule has 3 heteroatoms. The number of nitrogens with one attached hydrogen (secondary N) is 1. The number of piperidine rings is 1. The summed E-state index contributed by atoms with van der Waals surface area (Å²) in [7, 11) is 0. The van der Waals surface area contributed by atoms with Crippen LogP contribution in [-0.2, 0) is 0 Å². The van der Waals surface area contributed by atoms with Gasteiger partial charge in [0.05, 0.1) is 17.6 Å². The van der Waals surface area contributed by atoms with Crippen LogP contribution in [0.2, 0.25) is 0 Å². The fourth-order valence-electron chi connectivity index (χ4n) is 3.45. The van der Waals surface area contributed by atoms with Gasteiger partial charge in [-0.15, -0.1) is 0 Å². The van der Waals surface area contributed by atoms with Crippen molar-refractivity contribution in [2.24, 2.45) is 0 Å². The third-order valence-electron chi connectivity index (χ3n) is 4.57. The van der Waals surface area contributed by atoms with E-state index in [4.69, 9.17) is 4.98 Å². The van der Waals surface area contributed by atoms with Crippen LogP contribution in [-0.4, -0.2) is 24.1 Å². The van der Waals surface area contributed by atoms with Gasteiger partial charge in [-0.25, -0.2) is 0 Å². The Kier molecular flexibility index (Phi) is 6.50. The van der Waals surface area contributed by atoms with Crippen molar-refractivity contribution in [2.75, 3.05) is 18.0 Å². The van der Waals surface area contributed by atoms with E-state index in [1.807, 2.05) is 0 Å². The van der Waals surface area contributed by atoms with E-state index in [9.17, 15) is 0 Å². The van der Waals surface area contributed by atoms with Crippen molar-refractivity contribution in [3.63, 3.8) is 0 Å². The predicted molar refractivity (Wildman–Crippen MR) is 90.8 cm³/mol. The monoisotopic (exact) mass is 289 g/mol. The van der Waals surface area contributed by atoms with Crippen LogP contribution in [0.4, 0.5) is 5.69 Å². The Bertz CT molecular complexity index is 399. The summed E-state index contributed by atoms with van der Waals surface area (Å²) >= 11 is 0. The first kappa shape index (κ1) is 16.3. The van der Waals surface area contributed by atoms with Crippen LogP contribution in [0.3, 0.4) is 0 Å². The van der Waals surface area contributed by atoms with E-state index in [0.717, 1.165) is 13.0 Å². The molecule has 0 aromatic carbocycles. The lowest BCUT2D eigenvalue weighted by molar-refractivity contribution is 0.434. The molecule has 21 heavy (non-hydrogen) atoms. The normalized spacial score (nSPS) is 20.5. The Morgan fingerprint density at radius 2 is 2.14 bits per heavy atom. The van der Waals surface area contributed by atoms with Crippen LogP contribution >= 0.6 is 0 Å². The Morgan fingerprint density at radius 3 is 2.76 bits per heavy atom. The molecule has 0 aliphatic carbocycles. The molecule has 0 amide bonds. The summed E-state index contributed by atoms with van der Waals surface area (Å²) in [5, 5.41) is 3.50. The van der Waals surface area contributed by atoms with Crippen LogP contribution in [0.25, 0.3) is 0 Å². The highest BCUT2D eigenvalue weighted by Crippen LogP contribution is 2.27. The molecule has 1 saturated heterocycles. The quantitative estimate of drug-likeness (QED) is 0.811. The second-order valence-electron chi connectivity index (χ2n) is 6.09. The molecule has 2 atom stereocenters. The molecule has 1 aliphatic heterocycles. The van der Waals surface area contributed by atoms with Crippen molar-refractivity contribution in [2.45, 2.75) is 71.4 Å². The van der Waals surface area contributed by atoms with E-state index < -0.39 is 0 Å². The van der Waals surface area contributed by atoms with Gasteiger partial charge >= 0.3 is 0 Å². The summed E-state index contributed by atoms with van der Waals surface area (Å²) < 4.78 is 0. The topological polar surface area (TPSA) is 28.2 Å². The number of hydrogen-bond acceptors (Lipinski definition) is 3. The summed E-state index contributed by atoms with van der Waals surface area (Å²) in [6.07, 6.45) is 9.78. The highest BCUT2D eigenvalue weighted by Gasteiger charge is 2.22. The van der Waals surface area contributed by atoms with E-state index >= 15 is 0 Å². The van der Waals surface area contributed by atoms with Crippen molar-refractivity contribution in [3.8, 4) is 0 Å². The van der Waals surface area contributed by atoms with Crippen LogP contribution < -0.4 is 10.2 Å². The van der Waals surface area contributed by atoms with Crippen molar-refractivity contribution in [1.29, 1.82) is 0 Å². The van der Waals surface area contributed by atoms with Crippen LogP contribution in [0.5, 0.6) is 0 Å². The summed E-state index contributed by atoms with van der Waals surface area (Å²) in [6, 6.07) is 5.59. The van der Waals surface area contributed by atoms with E-state index in [-0.39, 0.29) is 0 Å². The lowest BCUT2D eigenvalue weighted by Gasteiger charge is -2.37. The number of pyridine rings is 1. The first-order valence-electron chi connectivity index (χ1n) is 8.76.